The number of thiophene rings is 1. The lowest BCUT2D eigenvalue weighted by atomic mass is 9.64. The van der Waals surface area contributed by atoms with Crippen LogP contribution in [0.15, 0.2) is 71.6 Å². The highest BCUT2D eigenvalue weighted by molar-refractivity contribution is 7.09. The lowest BCUT2D eigenvalue weighted by Gasteiger charge is -2.43. The molecule has 1 aliphatic heterocycles. The van der Waals surface area contributed by atoms with Crippen LogP contribution in [0, 0.1) is 5.41 Å². The van der Waals surface area contributed by atoms with Gasteiger partial charge < -0.3 is 19.5 Å². The van der Waals surface area contributed by atoms with E-state index in [1.165, 1.54) is 10.5 Å². The molecule has 0 unspecified atom stereocenters. The molecule has 1 saturated heterocycles. The molecule has 2 fully saturated rings. The van der Waals surface area contributed by atoms with Crippen molar-refractivity contribution >= 4 is 23.2 Å². The van der Waals surface area contributed by atoms with Crippen LogP contribution in [0.4, 0.5) is 4.79 Å². The minimum Gasteiger partial charge on any atom is -0.497 e. The summed E-state index contributed by atoms with van der Waals surface area (Å²) in [4.78, 5) is 30.8. The molecule has 0 radical (unpaired) electrons. The first-order valence-corrected chi connectivity index (χ1v) is 16.7. The van der Waals surface area contributed by atoms with Crippen LogP contribution in [0.5, 0.6) is 5.75 Å². The molecule has 44 heavy (non-hydrogen) atoms. The van der Waals surface area contributed by atoms with Crippen molar-refractivity contribution < 1.29 is 24.2 Å². The summed E-state index contributed by atoms with van der Waals surface area (Å²) < 4.78 is 11.8. The van der Waals surface area contributed by atoms with E-state index in [2.05, 4.69) is 43.5 Å². The van der Waals surface area contributed by atoms with Gasteiger partial charge in [-0.25, -0.2) is 4.79 Å². The van der Waals surface area contributed by atoms with Crippen molar-refractivity contribution in [1.82, 2.24) is 4.90 Å². The summed E-state index contributed by atoms with van der Waals surface area (Å²) in [5.74, 6) is 0.694. The number of nitrogens with zero attached hydrogens (tertiary/aromatic N) is 1. The van der Waals surface area contributed by atoms with E-state index < -0.39 is 11.7 Å². The smallest absolute Gasteiger partial charge is 0.410 e. The van der Waals surface area contributed by atoms with Crippen molar-refractivity contribution in [1.29, 1.82) is 0 Å². The third-order valence-corrected chi connectivity index (χ3v) is 11.4. The number of rotatable bonds is 6. The highest BCUT2D eigenvalue weighted by atomic mass is 32.1. The Labute approximate surface area is 264 Å². The molecule has 4 atom stereocenters. The molecule has 2 bridgehead atoms. The number of carbonyl (C=O) groups is 2. The molecule has 3 aliphatic carbocycles. The molecule has 6 nitrogen and oxygen atoms in total. The van der Waals surface area contributed by atoms with Gasteiger partial charge in [-0.05, 0) is 117 Å². The van der Waals surface area contributed by atoms with E-state index in [0.717, 1.165) is 49.7 Å². The number of hydrogen-bond acceptors (Lipinski definition) is 6. The Bertz CT molecular complexity index is 1530. The fourth-order valence-electron chi connectivity index (χ4n) is 7.75. The number of ketones is 1. The number of aliphatic hydroxyl groups excluding tert-OH is 1. The first-order valence-electron chi connectivity index (χ1n) is 15.9. The Kier molecular flexibility index (Phi) is 8.71. The van der Waals surface area contributed by atoms with Gasteiger partial charge in [-0.2, -0.15) is 0 Å². The van der Waals surface area contributed by atoms with Gasteiger partial charge in [0, 0.05) is 28.0 Å². The number of allylic oxidation sites excluding steroid dienone is 2. The molecule has 232 valence electrons. The first-order chi connectivity index (χ1) is 21.2. The van der Waals surface area contributed by atoms with E-state index in [0.29, 0.717) is 42.8 Å². The van der Waals surface area contributed by atoms with Gasteiger partial charge >= 0.3 is 6.09 Å². The zero-order chi connectivity index (χ0) is 30.9. The number of methoxy groups -OCH3 is 1. The van der Waals surface area contributed by atoms with Crippen LogP contribution in [0.1, 0.15) is 90.2 Å². The molecule has 1 aromatic heterocycles. The monoisotopic (exact) mass is 613 g/mol. The van der Waals surface area contributed by atoms with E-state index in [1.54, 1.807) is 18.4 Å². The third kappa shape index (κ3) is 5.84. The van der Waals surface area contributed by atoms with Gasteiger partial charge in [0.2, 0.25) is 0 Å². The van der Waals surface area contributed by atoms with Gasteiger partial charge in [-0.1, -0.05) is 36.8 Å². The summed E-state index contributed by atoms with van der Waals surface area (Å²) in [6, 6.07) is 17.6. The molecule has 3 aromatic rings. The molecule has 1 spiro atoms. The number of ether oxygens (including phenoxy) is 2. The van der Waals surface area contributed by atoms with Crippen LogP contribution in [0.3, 0.4) is 0 Å². The number of carbonyl (C=O) groups excluding carboxylic acids is 2. The Morgan fingerprint density at radius 1 is 1.14 bits per heavy atom. The SMILES string of the molecule is COc1ccc(C(=O)c2cc3ccc2[C@@H]2CC[C@@]4(CN(CCc5cccs5)C(=O)O4)[C@@]2(C)CCC=C(C)CC[C@H](O)C3)cc1. The summed E-state index contributed by atoms with van der Waals surface area (Å²) >= 11 is 1.72. The summed E-state index contributed by atoms with van der Waals surface area (Å²) in [5, 5.41) is 12.9. The van der Waals surface area contributed by atoms with Crippen LogP contribution in [0.2, 0.25) is 0 Å². The van der Waals surface area contributed by atoms with Crippen LogP contribution in [-0.4, -0.2) is 53.8 Å². The highest BCUT2D eigenvalue weighted by Crippen LogP contribution is 2.61. The molecule has 1 amide bonds. The van der Waals surface area contributed by atoms with Crippen molar-refractivity contribution in [3.63, 3.8) is 0 Å². The van der Waals surface area contributed by atoms with Crippen LogP contribution < -0.4 is 4.74 Å². The fourth-order valence-corrected chi connectivity index (χ4v) is 8.45. The fraction of sp³-hybridized carbons (Fsp3) is 0.459. The number of benzene rings is 2. The highest BCUT2D eigenvalue weighted by Gasteiger charge is 2.63. The van der Waals surface area contributed by atoms with Gasteiger partial charge in [0.1, 0.15) is 11.4 Å². The van der Waals surface area contributed by atoms with E-state index in [-0.39, 0.29) is 23.2 Å². The van der Waals surface area contributed by atoms with Crippen LogP contribution in [0.25, 0.3) is 0 Å². The molecule has 7 rings (SSSR count). The van der Waals surface area contributed by atoms with Crippen LogP contribution in [-0.2, 0) is 17.6 Å². The Morgan fingerprint density at radius 3 is 2.70 bits per heavy atom. The lowest BCUT2D eigenvalue weighted by Crippen LogP contribution is -2.48. The maximum absolute atomic E-state index is 14.2. The zero-order valence-corrected chi connectivity index (χ0v) is 26.8. The summed E-state index contributed by atoms with van der Waals surface area (Å²) in [6.45, 7) is 5.64. The second-order valence-corrected chi connectivity index (χ2v) is 14.1. The van der Waals surface area contributed by atoms with E-state index >= 15 is 0 Å². The number of aliphatic hydroxyl groups is 1. The Balaban J connectivity index is 1.40. The largest absolute Gasteiger partial charge is 0.497 e. The zero-order valence-electron chi connectivity index (χ0n) is 26.0. The molecule has 4 aliphatic rings. The van der Waals surface area contributed by atoms with Gasteiger partial charge in [-0.15, -0.1) is 11.3 Å². The van der Waals surface area contributed by atoms with Crippen LogP contribution >= 0.6 is 11.3 Å². The third-order valence-electron chi connectivity index (χ3n) is 10.4. The van der Waals surface area contributed by atoms with Gasteiger partial charge in [0.05, 0.1) is 19.8 Å². The van der Waals surface area contributed by atoms with E-state index in [9.17, 15) is 14.7 Å². The number of hydrogen-bond donors (Lipinski definition) is 1. The van der Waals surface area contributed by atoms with Gasteiger partial charge in [0.15, 0.2) is 5.78 Å². The first kappa shape index (κ1) is 30.6. The van der Waals surface area contributed by atoms with Gasteiger partial charge in [-0.3, -0.25) is 4.79 Å². The van der Waals surface area contributed by atoms with Crippen molar-refractivity contribution in [2.75, 3.05) is 20.2 Å². The summed E-state index contributed by atoms with van der Waals surface area (Å²) in [7, 11) is 1.62. The molecule has 2 heterocycles. The predicted octanol–water partition coefficient (Wildman–Crippen LogP) is 7.73. The number of fused-ring (bicyclic) bond motifs is 8. The van der Waals surface area contributed by atoms with Crippen molar-refractivity contribution in [2.45, 2.75) is 82.8 Å². The maximum atomic E-state index is 14.2. The van der Waals surface area contributed by atoms with Crippen molar-refractivity contribution in [3.8, 4) is 5.75 Å². The van der Waals surface area contributed by atoms with Crippen molar-refractivity contribution in [2.24, 2.45) is 5.41 Å². The number of amides is 1. The molecular formula is C37H43NO5S. The maximum Gasteiger partial charge on any atom is 0.410 e. The minimum atomic E-state index is -0.627. The molecule has 7 heteroatoms. The average Bonchev–Trinajstić information content (AvgIpc) is 3.73. The Hall–Kier alpha value is -3.42. The second-order valence-electron chi connectivity index (χ2n) is 13.1. The molecule has 2 aromatic carbocycles. The predicted molar refractivity (Wildman–Crippen MR) is 174 cm³/mol. The average molecular weight is 614 g/mol. The normalized spacial score (nSPS) is 27.1. The summed E-state index contributed by atoms with van der Waals surface area (Å²) in [6.07, 6.45) is 7.68. The topological polar surface area (TPSA) is 76.1 Å². The molecule has 1 saturated carbocycles. The lowest BCUT2D eigenvalue weighted by molar-refractivity contribution is -0.0372. The second kappa shape index (κ2) is 12.5. The molecular weight excluding hydrogens is 570 g/mol. The van der Waals surface area contributed by atoms with Crippen molar-refractivity contribution in [3.05, 3.63) is 98.8 Å². The van der Waals surface area contributed by atoms with E-state index in [4.69, 9.17) is 9.47 Å². The van der Waals surface area contributed by atoms with E-state index in [1.807, 2.05) is 41.3 Å². The standard InChI is InChI=1S/C37H43NO5S/c1-25-6-4-18-36(2)33(16-19-37(36)24-38(35(41)43-37)20-17-30-7-5-21-44-30)31-15-9-26(22-28(39)12-8-25)23-32(31)34(40)27-10-13-29(42-3)14-11-27/h5-7,9-11,13-15,21,23,28,33,39H,4,8,12,16-20,22,24H2,1-3H3/t28-,33-,36-,37+/m0/s1. The molecule has 1 N–H and O–H groups in total. The minimum absolute atomic E-state index is 0.0281. The summed E-state index contributed by atoms with van der Waals surface area (Å²) in [5.41, 5.74) is 3.52. The quantitative estimate of drug-likeness (QED) is 0.228. The Morgan fingerprint density at radius 2 is 1.95 bits per heavy atom. The van der Waals surface area contributed by atoms with Gasteiger partial charge in [0.25, 0.3) is 0 Å².